The summed E-state index contributed by atoms with van der Waals surface area (Å²) in [5.74, 6) is 1.82. The molecule has 7 heteroatoms. The van der Waals surface area contributed by atoms with Crippen molar-refractivity contribution in [3.63, 3.8) is 0 Å². The number of aromatic nitrogens is 4. The summed E-state index contributed by atoms with van der Waals surface area (Å²) >= 11 is 1.48. The van der Waals surface area contributed by atoms with Gasteiger partial charge in [-0.25, -0.2) is 4.98 Å². The SMILES string of the molecule is Cc1[nH]ncc1-c1cc2nc([C@@H]3CCCC(CCN)C3)[nH]c(=O)c2s1. The number of fused-ring (bicyclic) bond motifs is 1. The molecular weight excluding hydrogens is 334 g/mol. The van der Waals surface area contributed by atoms with E-state index in [2.05, 4.69) is 15.2 Å². The van der Waals surface area contributed by atoms with Gasteiger partial charge in [0, 0.05) is 22.1 Å². The molecule has 1 unspecified atom stereocenters. The maximum absolute atomic E-state index is 12.6. The van der Waals surface area contributed by atoms with E-state index < -0.39 is 0 Å². The number of aromatic amines is 2. The van der Waals surface area contributed by atoms with Crippen LogP contribution in [0.3, 0.4) is 0 Å². The van der Waals surface area contributed by atoms with E-state index in [1.165, 1.54) is 24.2 Å². The molecule has 0 saturated heterocycles. The Morgan fingerprint density at radius 2 is 2.28 bits per heavy atom. The highest BCUT2D eigenvalue weighted by Gasteiger charge is 2.25. The molecule has 0 spiro atoms. The van der Waals surface area contributed by atoms with E-state index in [0.717, 1.165) is 53.3 Å². The molecule has 4 rings (SSSR count). The number of nitrogens with two attached hydrogens (primary N) is 1. The van der Waals surface area contributed by atoms with Crippen LogP contribution < -0.4 is 11.3 Å². The number of rotatable bonds is 4. The van der Waals surface area contributed by atoms with Gasteiger partial charge in [-0.15, -0.1) is 11.3 Å². The minimum absolute atomic E-state index is 0.0293. The molecule has 2 atom stereocenters. The Balaban J connectivity index is 1.70. The monoisotopic (exact) mass is 357 g/mol. The fourth-order valence-corrected chi connectivity index (χ4v) is 4.98. The molecule has 0 aliphatic heterocycles. The zero-order chi connectivity index (χ0) is 17.4. The van der Waals surface area contributed by atoms with Crippen LogP contribution in [0.1, 0.15) is 49.5 Å². The van der Waals surface area contributed by atoms with Crippen molar-refractivity contribution in [2.75, 3.05) is 6.54 Å². The van der Waals surface area contributed by atoms with Gasteiger partial charge in [-0.2, -0.15) is 5.10 Å². The number of hydrogen-bond donors (Lipinski definition) is 3. The van der Waals surface area contributed by atoms with Gasteiger partial charge in [0.1, 0.15) is 10.5 Å². The van der Waals surface area contributed by atoms with Gasteiger partial charge in [0.25, 0.3) is 5.56 Å². The maximum Gasteiger partial charge on any atom is 0.268 e. The van der Waals surface area contributed by atoms with E-state index in [-0.39, 0.29) is 5.56 Å². The lowest BCUT2D eigenvalue weighted by molar-refractivity contribution is 0.302. The number of thiophene rings is 1. The molecule has 0 bridgehead atoms. The smallest absolute Gasteiger partial charge is 0.268 e. The molecular formula is C18H23N5OS. The number of nitrogens with one attached hydrogen (secondary N) is 2. The lowest BCUT2D eigenvalue weighted by Gasteiger charge is -2.28. The van der Waals surface area contributed by atoms with Gasteiger partial charge >= 0.3 is 0 Å². The van der Waals surface area contributed by atoms with Gasteiger partial charge in [0.05, 0.1) is 11.7 Å². The van der Waals surface area contributed by atoms with Crippen molar-refractivity contribution >= 4 is 21.6 Å². The van der Waals surface area contributed by atoms with Crippen molar-refractivity contribution in [3.05, 3.63) is 34.1 Å². The van der Waals surface area contributed by atoms with Gasteiger partial charge in [-0.3, -0.25) is 9.89 Å². The first-order chi connectivity index (χ1) is 12.2. The summed E-state index contributed by atoms with van der Waals surface area (Å²) in [5, 5.41) is 7.02. The van der Waals surface area contributed by atoms with E-state index in [0.29, 0.717) is 16.5 Å². The quantitative estimate of drug-likeness (QED) is 0.667. The minimum atomic E-state index is -0.0293. The second-order valence-electron chi connectivity index (χ2n) is 6.99. The number of aryl methyl sites for hydroxylation is 1. The van der Waals surface area contributed by atoms with Crippen molar-refractivity contribution in [1.29, 1.82) is 0 Å². The number of nitrogens with zero attached hydrogens (tertiary/aromatic N) is 2. The van der Waals surface area contributed by atoms with E-state index in [4.69, 9.17) is 10.7 Å². The van der Waals surface area contributed by atoms with Crippen molar-refractivity contribution < 1.29 is 0 Å². The molecule has 1 saturated carbocycles. The maximum atomic E-state index is 12.6. The van der Waals surface area contributed by atoms with E-state index in [9.17, 15) is 4.79 Å². The summed E-state index contributed by atoms with van der Waals surface area (Å²) in [6.07, 6.45) is 7.44. The second kappa shape index (κ2) is 6.72. The van der Waals surface area contributed by atoms with Crippen molar-refractivity contribution in [2.24, 2.45) is 11.7 Å². The molecule has 3 heterocycles. The van der Waals surface area contributed by atoms with Crippen LogP contribution in [-0.2, 0) is 0 Å². The highest BCUT2D eigenvalue weighted by atomic mass is 32.1. The molecule has 132 valence electrons. The van der Waals surface area contributed by atoms with Crippen LogP contribution in [0.5, 0.6) is 0 Å². The Labute approximate surface area is 149 Å². The lowest BCUT2D eigenvalue weighted by Crippen LogP contribution is -2.21. The topological polar surface area (TPSA) is 100 Å². The highest BCUT2D eigenvalue weighted by Crippen LogP contribution is 2.37. The van der Waals surface area contributed by atoms with Crippen LogP contribution in [0.15, 0.2) is 17.1 Å². The van der Waals surface area contributed by atoms with Crippen molar-refractivity contribution in [2.45, 2.75) is 44.9 Å². The summed E-state index contributed by atoms with van der Waals surface area (Å²) in [6.45, 7) is 2.72. The average molecular weight is 357 g/mol. The third-order valence-electron chi connectivity index (χ3n) is 5.24. The Kier molecular flexibility index (Phi) is 4.43. The molecule has 3 aromatic rings. The summed E-state index contributed by atoms with van der Waals surface area (Å²) in [6, 6.07) is 2.01. The number of hydrogen-bond acceptors (Lipinski definition) is 5. The Bertz CT molecular complexity index is 938. The van der Waals surface area contributed by atoms with Crippen LogP contribution in [0.2, 0.25) is 0 Å². The lowest BCUT2D eigenvalue weighted by atomic mass is 9.79. The van der Waals surface area contributed by atoms with Crippen LogP contribution in [0.4, 0.5) is 0 Å². The Hall–Kier alpha value is -1.99. The molecule has 0 amide bonds. The highest BCUT2D eigenvalue weighted by molar-refractivity contribution is 7.22. The van der Waals surface area contributed by atoms with E-state index in [1.54, 1.807) is 6.20 Å². The normalized spacial score (nSPS) is 21.0. The molecule has 4 N–H and O–H groups in total. The first kappa shape index (κ1) is 16.5. The van der Waals surface area contributed by atoms with Crippen LogP contribution in [0, 0.1) is 12.8 Å². The minimum Gasteiger partial charge on any atom is -0.330 e. The standard InChI is InChI=1S/C18H23N5OS/c1-10-13(9-20-23-10)15-8-14-16(25-15)18(24)22-17(21-14)12-4-2-3-11(7-12)5-6-19/h8-9,11-12H,2-7,19H2,1H3,(H,20,23)(H,21,22,24)/t11?,12-/m1/s1. The first-order valence-corrected chi connectivity index (χ1v) is 9.71. The molecule has 25 heavy (non-hydrogen) atoms. The van der Waals surface area contributed by atoms with Gasteiger partial charge in [0.15, 0.2) is 0 Å². The third kappa shape index (κ3) is 3.14. The van der Waals surface area contributed by atoms with Gasteiger partial charge in [0.2, 0.25) is 0 Å². The van der Waals surface area contributed by atoms with Crippen LogP contribution in [-0.4, -0.2) is 26.7 Å². The second-order valence-corrected chi connectivity index (χ2v) is 8.04. The van der Waals surface area contributed by atoms with Gasteiger partial charge in [-0.05, 0) is 44.7 Å². The predicted molar refractivity (Wildman–Crippen MR) is 101 cm³/mol. The zero-order valence-electron chi connectivity index (χ0n) is 14.3. The van der Waals surface area contributed by atoms with Crippen LogP contribution >= 0.6 is 11.3 Å². The summed E-state index contributed by atoms with van der Waals surface area (Å²) < 4.78 is 0.689. The molecule has 3 aromatic heterocycles. The van der Waals surface area contributed by atoms with E-state index >= 15 is 0 Å². The third-order valence-corrected chi connectivity index (χ3v) is 6.40. The van der Waals surface area contributed by atoms with Crippen molar-refractivity contribution in [3.8, 4) is 10.4 Å². The summed E-state index contributed by atoms with van der Waals surface area (Å²) in [7, 11) is 0. The van der Waals surface area contributed by atoms with Crippen LogP contribution in [0.25, 0.3) is 20.7 Å². The van der Waals surface area contributed by atoms with E-state index in [1.807, 2.05) is 13.0 Å². The summed E-state index contributed by atoms with van der Waals surface area (Å²) in [5.41, 5.74) is 8.52. The fraction of sp³-hybridized carbons (Fsp3) is 0.500. The molecule has 0 radical (unpaired) electrons. The molecule has 6 nitrogen and oxygen atoms in total. The predicted octanol–water partition coefficient (Wildman–Crippen LogP) is 3.31. The molecule has 1 aliphatic rings. The van der Waals surface area contributed by atoms with Gasteiger partial charge < -0.3 is 10.7 Å². The average Bonchev–Trinajstić information content (AvgIpc) is 3.21. The number of H-pyrrole nitrogens is 2. The van der Waals surface area contributed by atoms with Crippen molar-refractivity contribution in [1.82, 2.24) is 20.2 Å². The Morgan fingerprint density at radius 1 is 1.40 bits per heavy atom. The molecule has 0 aromatic carbocycles. The zero-order valence-corrected chi connectivity index (χ0v) is 15.2. The summed E-state index contributed by atoms with van der Waals surface area (Å²) in [4.78, 5) is 21.5. The fourth-order valence-electron chi connectivity index (χ4n) is 3.92. The largest absolute Gasteiger partial charge is 0.330 e. The molecule has 1 aliphatic carbocycles. The first-order valence-electron chi connectivity index (χ1n) is 8.90. The Morgan fingerprint density at radius 3 is 3.04 bits per heavy atom. The molecule has 1 fully saturated rings. The van der Waals surface area contributed by atoms with Gasteiger partial charge in [-0.1, -0.05) is 12.8 Å².